The van der Waals surface area contributed by atoms with Gasteiger partial charge in [-0.25, -0.2) is 0 Å². The van der Waals surface area contributed by atoms with Crippen LogP contribution in [0.2, 0.25) is 0 Å². The molecule has 0 radical (unpaired) electrons. The van der Waals surface area contributed by atoms with E-state index < -0.39 is 0 Å². The summed E-state index contributed by atoms with van der Waals surface area (Å²) in [5.41, 5.74) is 8.86. The minimum Gasteiger partial charge on any atom is -0.397 e. The second-order valence-corrected chi connectivity index (χ2v) is 5.15. The first-order valence-corrected chi connectivity index (χ1v) is 7.17. The quantitative estimate of drug-likeness (QED) is 0.599. The van der Waals surface area contributed by atoms with Crippen LogP contribution in [0.1, 0.15) is 26.7 Å². The first-order chi connectivity index (χ1) is 9.68. The second-order valence-electron chi connectivity index (χ2n) is 5.15. The third kappa shape index (κ3) is 3.84. The summed E-state index contributed by atoms with van der Waals surface area (Å²) in [5, 5.41) is 4.39. The van der Waals surface area contributed by atoms with E-state index in [-0.39, 0.29) is 0 Å². The fourth-order valence-electron chi connectivity index (χ4n) is 2.10. The highest BCUT2D eigenvalue weighted by Crippen LogP contribution is 2.27. The Kier molecular flexibility index (Phi) is 5.18. The van der Waals surface area contributed by atoms with Crippen molar-refractivity contribution in [2.24, 2.45) is 0 Å². The van der Waals surface area contributed by atoms with Crippen molar-refractivity contribution in [2.45, 2.75) is 32.8 Å². The van der Waals surface area contributed by atoms with Gasteiger partial charge in [0.1, 0.15) is 0 Å². The molecule has 0 aliphatic heterocycles. The lowest BCUT2D eigenvalue weighted by Crippen LogP contribution is -2.08. The zero-order valence-electron chi connectivity index (χ0n) is 12.2. The third-order valence-corrected chi connectivity index (χ3v) is 3.16. The van der Waals surface area contributed by atoms with Gasteiger partial charge in [0.05, 0.1) is 23.0 Å². The summed E-state index contributed by atoms with van der Waals surface area (Å²) in [6, 6.07) is 7.90. The molecule has 0 fully saturated rings. The number of nitrogen functional groups attached to an aromatic ring is 1. The fourth-order valence-corrected chi connectivity index (χ4v) is 2.10. The monoisotopic (exact) mass is 273 g/mol. The van der Waals surface area contributed by atoms with Crippen LogP contribution in [0, 0.1) is 0 Å². The van der Waals surface area contributed by atoms with Gasteiger partial charge < -0.3 is 15.8 Å². The lowest BCUT2D eigenvalue weighted by Gasteiger charge is -2.12. The lowest BCUT2D eigenvalue weighted by atomic mass is 10.1. The van der Waals surface area contributed by atoms with Crippen LogP contribution in [0.25, 0.3) is 10.9 Å². The molecule has 108 valence electrons. The summed E-state index contributed by atoms with van der Waals surface area (Å²) >= 11 is 0. The van der Waals surface area contributed by atoms with Gasteiger partial charge in [-0.05, 0) is 51.0 Å². The van der Waals surface area contributed by atoms with E-state index >= 15 is 0 Å². The van der Waals surface area contributed by atoms with Gasteiger partial charge in [0.2, 0.25) is 0 Å². The summed E-state index contributed by atoms with van der Waals surface area (Å²) in [6.07, 6.45) is 4.22. The van der Waals surface area contributed by atoms with Crippen molar-refractivity contribution in [2.75, 3.05) is 24.2 Å². The molecule has 0 unspecified atom stereocenters. The van der Waals surface area contributed by atoms with E-state index in [1.807, 2.05) is 24.3 Å². The van der Waals surface area contributed by atoms with Gasteiger partial charge in [0, 0.05) is 24.7 Å². The Labute approximate surface area is 120 Å². The number of unbranched alkanes of at least 4 members (excludes halogenated alkanes) is 1. The maximum absolute atomic E-state index is 6.17. The largest absolute Gasteiger partial charge is 0.397 e. The zero-order chi connectivity index (χ0) is 14.4. The molecule has 1 aromatic carbocycles. The number of pyridine rings is 1. The van der Waals surface area contributed by atoms with E-state index in [9.17, 15) is 0 Å². The maximum Gasteiger partial charge on any atom is 0.0724 e. The van der Waals surface area contributed by atoms with E-state index in [0.717, 1.165) is 48.3 Å². The van der Waals surface area contributed by atoms with Gasteiger partial charge in [-0.15, -0.1) is 0 Å². The van der Waals surface area contributed by atoms with Crippen molar-refractivity contribution in [3.05, 3.63) is 30.5 Å². The summed E-state index contributed by atoms with van der Waals surface area (Å²) < 4.78 is 5.51. The Hall–Kier alpha value is -1.81. The van der Waals surface area contributed by atoms with E-state index in [1.165, 1.54) is 0 Å². The molecule has 1 aromatic heterocycles. The molecule has 0 saturated heterocycles. The summed E-state index contributed by atoms with van der Waals surface area (Å²) in [4.78, 5) is 4.30. The molecule has 1 heterocycles. The SMILES string of the molecule is CC(C)OCCCCNc1ccc2ncccc2c1N. The van der Waals surface area contributed by atoms with E-state index in [1.54, 1.807) is 6.20 Å². The van der Waals surface area contributed by atoms with Crippen molar-refractivity contribution >= 4 is 22.3 Å². The average Bonchev–Trinajstić information content (AvgIpc) is 2.45. The molecule has 4 heteroatoms. The van der Waals surface area contributed by atoms with Crippen LogP contribution < -0.4 is 11.1 Å². The molecule has 2 aromatic rings. The van der Waals surface area contributed by atoms with Crippen LogP contribution in [0.4, 0.5) is 11.4 Å². The van der Waals surface area contributed by atoms with Crippen molar-refractivity contribution in [1.82, 2.24) is 4.98 Å². The summed E-state index contributed by atoms with van der Waals surface area (Å²) in [5.74, 6) is 0. The van der Waals surface area contributed by atoms with Crippen molar-refractivity contribution < 1.29 is 4.74 Å². The Bertz CT molecular complexity index is 554. The number of nitrogens with zero attached hydrogens (tertiary/aromatic N) is 1. The predicted octanol–water partition coefficient (Wildman–Crippen LogP) is 3.43. The first-order valence-electron chi connectivity index (χ1n) is 7.17. The molecule has 2 rings (SSSR count). The molecule has 3 N–H and O–H groups in total. The highest BCUT2D eigenvalue weighted by molar-refractivity contribution is 5.96. The van der Waals surface area contributed by atoms with Gasteiger partial charge in [-0.3, -0.25) is 4.98 Å². The number of nitrogens with two attached hydrogens (primary N) is 1. The third-order valence-electron chi connectivity index (χ3n) is 3.16. The van der Waals surface area contributed by atoms with E-state index in [0.29, 0.717) is 6.10 Å². The topological polar surface area (TPSA) is 60.2 Å². The molecule has 0 spiro atoms. The van der Waals surface area contributed by atoms with Crippen LogP contribution in [-0.4, -0.2) is 24.2 Å². The minimum atomic E-state index is 0.312. The predicted molar refractivity (Wildman–Crippen MR) is 85.0 cm³/mol. The number of hydrogen-bond acceptors (Lipinski definition) is 4. The highest BCUT2D eigenvalue weighted by Gasteiger charge is 2.04. The summed E-state index contributed by atoms with van der Waals surface area (Å²) in [7, 11) is 0. The molecule has 0 amide bonds. The maximum atomic E-state index is 6.17. The molecule has 0 aliphatic rings. The van der Waals surface area contributed by atoms with Crippen LogP contribution in [0.3, 0.4) is 0 Å². The van der Waals surface area contributed by atoms with Crippen molar-refractivity contribution in [3.63, 3.8) is 0 Å². The van der Waals surface area contributed by atoms with Crippen molar-refractivity contribution in [1.29, 1.82) is 0 Å². The lowest BCUT2D eigenvalue weighted by molar-refractivity contribution is 0.0765. The first kappa shape index (κ1) is 14.6. The van der Waals surface area contributed by atoms with Crippen LogP contribution in [0.5, 0.6) is 0 Å². The molecule has 0 atom stereocenters. The van der Waals surface area contributed by atoms with Gasteiger partial charge in [0.15, 0.2) is 0 Å². The minimum absolute atomic E-state index is 0.312. The van der Waals surface area contributed by atoms with Gasteiger partial charge in [-0.1, -0.05) is 0 Å². The number of ether oxygens (including phenoxy) is 1. The normalized spacial score (nSPS) is 11.2. The Balaban J connectivity index is 1.86. The van der Waals surface area contributed by atoms with Gasteiger partial charge >= 0.3 is 0 Å². The standard InChI is InChI=1S/C16H23N3O/c1-12(2)20-11-4-3-9-19-15-8-7-14-13(16(15)17)6-5-10-18-14/h5-8,10,12,19H,3-4,9,11,17H2,1-2H3. The molecular formula is C16H23N3O. The number of nitrogens with one attached hydrogen (secondary N) is 1. The molecule has 20 heavy (non-hydrogen) atoms. The van der Waals surface area contributed by atoms with Gasteiger partial charge in [-0.2, -0.15) is 0 Å². The highest BCUT2D eigenvalue weighted by atomic mass is 16.5. The van der Waals surface area contributed by atoms with E-state index in [4.69, 9.17) is 10.5 Å². The van der Waals surface area contributed by atoms with Crippen LogP contribution >= 0.6 is 0 Å². The number of hydrogen-bond donors (Lipinski definition) is 2. The van der Waals surface area contributed by atoms with Gasteiger partial charge in [0.25, 0.3) is 0 Å². The molecule has 0 aliphatic carbocycles. The number of benzene rings is 1. The number of fused-ring (bicyclic) bond motifs is 1. The van der Waals surface area contributed by atoms with Crippen LogP contribution in [-0.2, 0) is 4.74 Å². The number of anilines is 2. The average molecular weight is 273 g/mol. The molecule has 0 bridgehead atoms. The number of aromatic nitrogens is 1. The Morgan fingerprint density at radius 1 is 1.25 bits per heavy atom. The van der Waals surface area contributed by atoms with E-state index in [2.05, 4.69) is 24.1 Å². The number of rotatable bonds is 7. The smallest absolute Gasteiger partial charge is 0.0724 e. The molecule has 0 saturated carbocycles. The Morgan fingerprint density at radius 3 is 2.90 bits per heavy atom. The Morgan fingerprint density at radius 2 is 2.10 bits per heavy atom. The van der Waals surface area contributed by atoms with Crippen LogP contribution in [0.15, 0.2) is 30.5 Å². The molecular weight excluding hydrogens is 250 g/mol. The molecule has 4 nitrogen and oxygen atoms in total. The fraction of sp³-hybridized carbons (Fsp3) is 0.438. The zero-order valence-corrected chi connectivity index (χ0v) is 12.2. The summed E-state index contributed by atoms with van der Waals surface area (Å²) in [6.45, 7) is 5.83. The van der Waals surface area contributed by atoms with Crippen molar-refractivity contribution in [3.8, 4) is 0 Å². The second kappa shape index (κ2) is 7.10.